The molecule has 1 aliphatic rings. The standard InChI is InChI=1S/C25H23N3O2/c1-15-7-10-23(16(2)11-15)28-25(30)27-21-6-4-5-18(13-21)19-8-9-22-20(12-19)14-26-24(22)17(3)29/h4-13H,14H2,1-3H3,(H2,27,28,30). The lowest BCUT2D eigenvalue weighted by atomic mass is 9.97. The topological polar surface area (TPSA) is 70.6 Å². The van der Waals surface area contributed by atoms with Gasteiger partial charge in [0.1, 0.15) is 5.71 Å². The second kappa shape index (κ2) is 7.95. The van der Waals surface area contributed by atoms with Crippen LogP contribution in [-0.2, 0) is 11.3 Å². The minimum absolute atomic E-state index is 0.0116. The molecule has 0 spiro atoms. The van der Waals surface area contributed by atoms with E-state index in [1.165, 1.54) is 0 Å². The van der Waals surface area contributed by atoms with Gasteiger partial charge in [-0.3, -0.25) is 9.79 Å². The summed E-state index contributed by atoms with van der Waals surface area (Å²) in [6.07, 6.45) is 0. The molecule has 2 amide bonds. The zero-order valence-corrected chi connectivity index (χ0v) is 17.2. The molecular formula is C25H23N3O2. The van der Waals surface area contributed by atoms with Gasteiger partial charge in [0.05, 0.1) is 6.54 Å². The van der Waals surface area contributed by atoms with Gasteiger partial charge in [-0.2, -0.15) is 0 Å². The van der Waals surface area contributed by atoms with Gasteiger partial charge < -0.3 is 10.6 Å². The molecule has 5 heteroatoms. The third-order valence-corrected chi connectivity index (χ3v) is 5.19. The Morgan fingerprint density at radius 2 is 1.70 bits per heavy atom. The number of rotatable bonds is 4. The largest absolute Gasteiger partial charge is 0.323 e. The van der Waals surface area contributed by atoms with Crippen molar-refractivity contribution in [1.82, 2.24) is 0 Å². The van der Waals surface area contributed by atoms with Gasteiger partial charge in [-0.25, -0.2) is 4.79 Å². The Balaban J connectivity index is 1.51. The summed E-state index contributed by atoms with van der Waals surface area (Å²) < 4.78 is 0. The van der Waals surface area contributed by atoms with Crippen LogP contribution in [0.4, 0.5) is 16.2 Å². The first-order chi connectivity index (χ1) is 14.4. The lowest BCUT2D eigenvalue weighted by Gasteiger charge is -2.12. The van der Waals surface area contributed by atoms with E-state index in [1.807, 2.05) is 68.4 Å². The summed E-state index contributed by atoms with van der Waals surface area (Å²) in [5.74, 6) is -0.0116. The van der Waals surface area contributed by atoms with E-state index in [0.29, 0.717) is 17.9 Å². The molecule has 0 fully saturated rings. The molecule has 0 saturated heterocycles. The number of carbonyl (C=O) groups is 2. The third-order valence-electron chi connectivity index (χ3n) is 5.19. The molecule has 0 radical (unpaired) electrons. The number of anilines is 2. The maximum atomic E-state index is 12.5. The van der Waals surface area contributed by atoms with E-state index < -0.39 is 0 Å². The number of benzene rings is 3. The molecule has 0 bridgehead atoms. The van der Waals surface area contributed by atoms with E-state index in [0.717, 1.165) is 39.1 Å². The van der Waals surface area contributed by atoms with E-state index in [9.17, 15) is 9.59 Å². The highest BCUT2D eigenvalue weighted by atomic mass is 16.2. The third kappa shape index (κ3) is 4.01. The highest BCUT2D eigenvalue weighted by Crippen LogP contribution is 2.28. The fraction of sp³-hybridized carbons (Fsp3) is 0.160. The Morgan fingerprint density at radius 1 is 0.900 bits per heavy atom. The summed E-state index contributed by atoms with van der Waals surface area (Å²) in [6, 6.07) is 19.3. The molecule has 4 rings (SSSR count). The predicted octanol–water partition coefficient (Wildman–Crippen LogP) is 5.51. The number of nitrogens with zero attached hydrogens (tertiary/aromatic N) is 1. The van der Waals surface area contributed by atoms with Gasteiger partial charge >= 0.3 is 6.03 Å². The van der Waals surface area contributed by atoms with Crippen LogP contribution in [0.5, 0.6) is 0 Å². The molecular weight excluding hydrogens is 374 g/mol. The smallest absolute Gasteiger partial charge is 0.308 e. The van der Waals surface area contributed by atoms with Gasteiger partial charge in [-0.15, -0.1) is 0 Å². The van der Waals surface area contributed by atoms with E-state index >= 15 is 0 Å². The molecule has 30 heavy (non-hydrogen) atoms. The van der Waals surface area contributed by atoms with Gasteiger partial charge in [0.15, 0.2) is 5.78 Å². The van der Waals surface area contributed by atoms with Crippen LogP contribution < -0.4 is 10.6 Å². The molecule has 3 aromatic carbocycles. The molecule has 1 heterocycles. The van der Waals surface area contributed by atoms with Gasteiger partial charge in [-0.1, -0.05) is 42.0 Å². The van der Waals surface area contributed by atoms with Crippen molar-refractivity contribution in [2.24, 2.45) is 4.99 Å². The van der Waals surface area contributed by atoms with Crippen molar-refractivity contribution in [1.29, 1.82) is 0 Å². The van der Waals surface area contributed by atoms with Crippen LogP contribution in [0.3, 0.4) is 0 Å². The average molecular weight is 397 g/mol. The van der Waals surface area contributed by atoms with Gasteiger partial charge in [-0.05, 0) is 60.4 Å². The van der Waals surface area contributed by atoms with Gasteiger partial charge in [0.2, 0.25) is 0 Å². The number of hydrogen-bond donors (Lipinski definition) is 2. The Labute approximate surface area is 175 Å². The number of aryl methyl sites for hydroxylation is 2. The van der Waals surface area contributed by atoms with Crippen molar-refractivity contribution < 1.29 is 9.59 Å². The summed E-state index contributed by atoms with van der Waals surface area (Å²) in [4.78, 5) is 28.5. The lowest BCUT2D eigenvalue weighted by molar-refractivity contribution is -0.111. The highest BCUT2D eigenvalue weighted by Gasteiger charge is 2.19. The summed E-state index contributed by atoms with van der Waals surface area (Å²) in [7, 11) is 0. The number of urea groups is 1. The summed E-state index contributed by atoms with van der Waals surface area (Å²) in [5, 5.41) is 5.80. The number of nitrogens with one attached hydrogen (secondary N) is 2. The molecule has 1 aliphatic heterocycles. The Hall–Kier alpha value is -3.73. The number of aliphatic imine (C=N–C) groups is 1. The van der Waals surface area contributed by atoms with Crippen LogP contribution in [0, 0.1) is 13.8 Å². The normalized spacial score (nSPS) is 12.2. The van der Waals surface area contributed by atoms with Crippen molar-refractivity contribution in [3.8, 4) is 11.1 Å². The SMILES string of the molecule is CC(=O)C1=NCc2cc(-c3cccc(NC(=O)Nc4ccc(C)cc4C)c3)ccc21. The van der Waals surface area contributed by atoms with Crippen LogP contribution >= 0.6 is 0 Å². The summed E-state index contributed by atoms with van der Waals surface area (Å²) in [5.41, 5.74) is 8.17. The predicted molar refractivity (Wildman–Crippen MR) is 121 cm³/mol. The minimum Gasteiger partial charge on any atom is -0.308 e. The van der Waals surface area contributed by atoms with E-state index in [2.05, 4.69) is 21.7 Å². The second-order valence-electron chi connectivity index (χ2n) is 7.57. The second-order valence-corrected chi connectivity index (χ2v) is 7.57. The zero-order chi connectivity index (χ0) is 21.3. The summed E-state index contributed by atoms with van der Waals surface area (Å²) in [6.45, 7) is 6.06. The number of Topliss-reactive ketones (excluding diaryl/α,β-unsaturated/α-hetero) is 1. The van der Waals surface area contributed by atoms with E-state index in [1.54, 1.807) is 6.92 Å². The Morgan fingerprint density at radius 3 is 2.47 bits per heavy atom. The Bertz CT molecular complexity index is 1190. The van der Waals surface area contributed by atoms with Crippen molar-refractivity contribution in [2.45, 2.75) is 27.3 Å². The molecule has 0 unspecified atom stereocenters. The van der Waals surface area contributed by atoms with Crippen LogP contribution in [0.2, 0.25) is 0 Å². The number of ketones is 1. The molecule has 0 aliphatic carbocycles. The maximum Gasteiger partial charge on any atom is 0.323 e. The maximum absolute atomic E-state index is 12.5. The quantitative estimate of drug-likeness (QED) is 0.610. The van der Waals surface area contributed by atoms with Crippen LogP contribution in [0.25, 0.3) is 11.1 Å². The van der Waals surface area contributed by atoms with Gasteiger partial charge in [0, 0.05) is 23.9 Å². The number of hydrogen-bond acceptors (Lipinski definition) is 3. The molecule has 0 aromatic heterocycles. The van der Waals surface area contributed by atoms with Crippen molar-refractivity contribution in [2.75, 3.05) is 10.6 Å². The fourth-order valence-corrected chi connectivity index (χ4v) is 3.70. The Kier molecular flexibility index (Phi) is 5.19. The average Bonchev–Trinajstić information content (AvgIpc) is 3.14. The molecule has 5 nitrogen and oxygen atoms in total. The highest BCUT2D eigenvalue weighted by molar-refractivity contribution is 6.46. The number of carbonyl (C=O) groups excluding carboxylic acids is 2. The fourth-order valence-electron chi connectivity index (χ4n) is 3.70. The molecule has 0 atom stereocenters. The van der Waals surface area contributed by atoms with Crippen molar-refractivity contribution in [3.63, 3.8) is 0 Å². The van der Waals surface area contributed by atoms with E-state index in [4.69, 9.17) is 0 Å². The molecule has 3 aromatic rings. The number of fused-ring (bicyclic) bond motifs is 1. The van der Waals surface area contributed by atoms with Crippen molar-refractivity contribution >= 4 is 28.9 Å². The van der Waals surface area contributed by atoms with Crippen LogP contribution in [0.15, 0.2) is 65.7 Å². The minimum atomic E-state index is -0.285. The molecule has 2 N–H and O–H groups in total. The van der Waals surface area contributed by atoms with E-state index in [-0.39, 0.29) is 11.8 Å². The first kappa shape index (κ1) is 19.6. The summed E-state index contributed by atoms with van der Waals surface area (Å²) >= 11 is 0. The van der Waals surface area contributed by atoms with Crippen LogP contribution in [-0.4, -0.2) is 17.5 Å². The molecule has 0 saturated carbocycles. The molecule has 150 valence electrons. The first-order valence-corrected chi connectivity index (χ1v) is 9.85. The first-order valence-electron chi connectivity index (χ1n) is 9.85. The lowest BCUT2D eigenvalue weighted by Crippen LogP contribution is -2.20. The van der Waals surface area contributed by atoms with Crippen LogP contribution in [0.1, 0.15) is 29.2 Å². The van der Waals surface area contributed by atoms with Crippen molar-refractivity contribution in [3.05, 3.63) is 82.9 Å². The zero-order valence-electron chi connectivity index (χ0n) is 17.2. The monoisotopic (exact) mass is 397 g/mol. The van der Waals surface area contributed by atoms with Gasteiger partial charge in [0.25, 0.3) is 0 Å². The number of amides is 2.